The van der Waals surface area contributed by atoms with Gasteiger partial charge in [-0.1, -0.05) is 25.1 Å². The van der Waals surface area contributed by atoms with Crippen LogP contribution < -0.4 is 10.1 Å². The van der Waals surface area contributed by atoms with Crippen molar-refractivity contribution in [2.45, 2.75) is 58.2 Å². The van der Waals surface area contributed by atoms with Gasteiger partial charge in [0.1, 0.15) is 11.4 Å². The Balaban J connectivity index is 2.28. The van der Waals surface area contributed by atoms with E-state index in [9.17, 15) is 5.11 Å². The third-order valence-electron chi connectivity index (χ3n) is 3.78. The molecule has 1 aliphatic heterocycles. The highest BCUT2D eigenvalue weighted by atomic mass is 16.5. The Bertz CT molecular complexity index is 442. The van der Waals surface area contributed by atoms with Gasteiger partial charge >= 0.3 is 0 Å². The summed E-state index contributed by atoms with van der Waals surface area (Å²) in [6.07, 6.45) is 1.97. The third kappa shape index (κ3) is 3.10. The van der Waals surface area contributed by atoms with Crippen LogP contribution in [-0.4, -0.2) is 23.4 Å². The molecule has 1 aromatic carbocycles. The Morgan fingerprint density at radius 2 is 2.16 bits per heavy atom. The van der Waals surface area contributed by atoms with Crippen molar-refractivity contribution in [1.29, 1.82) is 0 Å². The Morgan fingerprint density at radius 3 is 2.79 bits per heavy atom. The summed E-state index contributed by atoms with van der Waals surface area (Å²) in [7, 11) is 0. The van der Waals surface area contributed by atoms with Gasteiger partial charge in [-0.15, -0.1) is 0 Å². The van der Waals surface area contributed by atoms with Crippen LogP contribution in [0.3, 0.4) is 0 Å². The average molecular weight is 263 g/mol. The first-order valence-corrected chi connectivity index (χ1v) is 7.14. The number of rotatable bonds is 5. The number of para-hydroxylation sites is 1. The Kier molecular flexibility index (Phi) is 4.16. The lowest BCUT2D eigenvalue weighted by atomic mass is 9.98. The summed E-state index contributed by atoms with van der Waals surface area (Å²) in [5.41, 5.74) is 2.17. The van der Waals surface area contributed by atoms with Gasteiger partial charge in [-0.25, -0.2) is 0 Å². The molecule has 3 heteroatoms. The molecule has 0 amide bonds. The highest BCUT2D eigenvalue weighted by Gasteiger charge is 2.33. The van der Waals surface area contributed by atoms with Crippen LogP contribution in [0.25, 0.3) is 0 Å². The van der Waals surface area contributed by atoms with Crippen LogP contribution in [0.15, 0.2) is 18.2 Å². The molecular weight excluding hydrogens is 238 g/mol. The summed E-state index contributed by atoms with van der Waals surface area (Å²) in [5, 5.41) is 13.1. The number of fused-ring (bicyclic) bond motifs is 1. The molecular formula is C16H25NO2. The van der Waals surface area contributed by atoms with Crippen molar-refractivity contribution in [3.63, 3.8) is 0 Å². The number of hydrogen-bond donors (Lipinski definition) is 2. The van der Waals surface area contributed by atoms with Crippen molar-refractivity contribution in [2.24, 2.45) is 0 Å². The van der Waals surface area contributed by atoms with E-state index in [-0.39, 0.29) is 18.2 Å². The number of ether oxygens (including phenoxy) is 1. The van der Waals surface area contributed by atoms with E-state index in [1.165, 1.54) is 5.56 Å². The van der Waals surface area contributed by atoms with Crippen molar-refractivity contribution >= 4 is 0 Å². The molecule has 0 aromatic heterocycles. The molecule has 106 valence electrons. The van der Waals surface area contributed by atoms with Gasteiger partial charge in [0.25, 0.3) is 0 Å². The van der Waals surface area contributed by atoms with Gasteiger partial charge in [0.2, 0.25) is 0 Å². The average Bonchev–Trinajstić information content (AvgIpc) is 2.69. The molecule has 0 bridgehead atoms. The van der Waals surface area contributed by atoms with E-state index in [1.807, 2.05) is 0 Å². The molecule has 0 aliphatic carbocycles. The smallest absolute Gasteiger partial charge is 0.128 e. The van der Waals surface area contributed by atoms with E-state index < -0.39 is 0 Å². The Labute approximate surface area is 116 Å². The van der Waals surface area contributed by atoms with Crippen molar-refractivity contribution in [2.75, 3.05) is 6.61 Å². The fourth-order valence-corrected chi connectivity index (χ4v) is 2.62. The largest absolute Gasteiger partial charge is 0.487 e. The van der Waals surface area contributed by atoms with Gasteiger partial charge < -0.3 is 15.2 Å². The Morgan fingerprint density at radius 1 is 1.42 bits per heavy atom. The minimum absolute atomic E-state index is 0.0567. The highest BCUT2D eigenvalue weighted by Crippen LogP contribution is 2.39. The molecule has 0 radical (unpaired) electrons. The molecule has 2 atom stereocenters. The van der Waals surface area contributed by atoms with Gasteiger partial charge in [-0.05, 0) is 32.8 Å². The van der Waals surface area contributed by atoms with E-state index in [1.54, 1.807) is 0 Å². The maximum atomic E-state index is 9.67. The first-order valence-electron chi connectivity index (χ1n) is 7.14. The van der Waals surface area contributed by atoms with Crippen molar-refractivity contribution in [1.82, 2.24) is 5.32 Å². The molecule has 0 spiro atoms. The van der Waals surface area contributed by atoms with Crippen LogP contribution in [-0.2, 0) is 6.42 Å². The maximum Gasteiger partial charge on any atom is 0.128 e. The molecule has 1 aromatic rings. The lowest BCUT2D eigenvalue weighted by Gasteiger charge is -2.24. The summed E-state index contributed by atoms with van der Waals surface area (Å²) < 4.78 is 6.07. The van der Waals surface area contributed by atoms with Crippen LogP contribution in [0, 0.1) is 0 Å². The minimum Gasteiger partial charge on any atom is -0.487 e. The fraction of sp³-hybridized carbons (Fsp3) is 0.625. The monoisotopic (exact) mass is 263 g/mol. The van der Waals surface area contributed by atoms with E-state index in [0.717, 1.165) is 24.2 Å². The molecule has 0 fully saturated rings. The van der Waals surface area contributed by atoms with Crippen molar-refractivity contribution in [3.05, 3.63) is 29.3 Å². The highest BCUT2D eigenvalue weighted by molar-refractivity contribution is 5.47. The number of hydrogen-bond acceptors (Lipinski definition) is 3. The SMILES string of the molecule is CCC(C)NC(CO)c1cccc2c1OC(C)(C)C2. The zero-order valence-corrected chi connectivity index (χ0v) is 12.4. The van der Waals surface area contributed by atoms with Gasteiger partial charge in [0.05, 0.1) is 12.6 Å². The van der Waals surface area contributed by atoms with Gasteiger partial charge in [-0.2, -0.15) is 0 Å². The Hall–Kier alpha value is -1.06. The first kappa shape index (κ1) is 14.4. The summed E-state index contributed by atoms with van der Waals surface area (Å²) in [5.74, 6) is 0.961. The summed E-state index contributed by atoms with van der Waals surface area (Å²) >= 11 is 0. The van der Waals surface area contributed by atoms with Gasteiger partial charge in [0, 0.05) is 18.0 Å². The lowest BCUT2D eigenvalue weighted by molar-refractivity contribution is 0.134. The van der Waals surface area contributed by atoms with E-state index in [0.29, 0.717) is 6.04 Å². The molecule has 1 aliphatic rings. The van der Waals surface area contributed by atoms with Crippen LogP contribution in [0.2, 0.25) is 0 Å². The van der Waals surface area contributed by atoms with Gasteiger partial charge in [0.15, 0.2) is 0 Å². The number of aliphatic hydroxyl groups excluding tert-OH is 1. The van der Waals surface area contributed by atoms with Crippen LogP contribution >= 0.6 is 0 Å². The van der Waals surface area contributed by atoms with Crippen LogP contribution in [0.5, 0.6) is 5.75 Å². The minimum atomic E-state index is -0.144. The van der Waals surface area contributed by atoms with Crippen molar-refractivity contribution in [3.8, 4) is 5.75 Å². The molecule has 19 heavy (non-hydrogen) atoms. The standard InChI is InChI=1S/C16H25NO2/c1-5-11(2)17-14(10-18)13-8-6-7-12-9-16(3,4)19-15(12)13/h6-8,11,14,17-18H,5,9-10H2,1-4H3. The van der Waals surface area contributed by atoms with Crippen LogP contribution in [0.1, 0.15) is 51.3 Å². The quantitative estimate of drug-likeness (QED) is 0.858. The fourth-order valence-electron chi connectivity index (χ4n) is 2.62. The predicted octanol–water partition coefficient (Wildman–Crippen LogP) is 2.82. The summed E-state index contributed by atoms with van der Waals surface area (Å²) in [4.78, 5) is 0. The summed E-state index contributed by atoms with van der Waals surface area (Å²) in [6, 6.07) is 6.54. The number of benzene rings is 1. The summed E-state index contributed by atoms with van der Waals surface area (Å²) in [6.45, 7) is 8.57. The maximum absolute atomic E-state index is 9.67. The van der Waals surface area contributed by atoms with E-state index in [4.69, 9.17) is 4.74 Å². The molecule has 2 N–H and O–H groups in total. The van der Waals surface area contributed by atoms with Gasteiger partial charge in [-0.3, -0.25) is 0 Å². The zero-order chi connectivity index (χ0) is 14.0. The second-order valence-corrected chi connectivity index (χ2v) is 6.09. The number of nitrogens with one attached hydrogen (secondary N) is 1. The second kappa shape index (κ2) is 5.51. The van der Waals surface area contributed by atoms with Crippen molar-refractivity contribution < 1.29 is 9.84 Å². The molecule has 2 rings (SSSR count). The zero-order valence-electron chi connectivity index (χ0n) is 12.4. The molecule has 0 saturated heterocycles. The second-order valence-electron chi connectivity index (χ2n) is 6.09. The van der Waals surface area contributed by atoms with E-state index >= 15 is 0 Å². The molecule has 3 nitrogen and oxygen atoms in total. The van der Waals surface area contributed by atoms with E-state index in [2.05, 4.69) is 51.2 Å². The lowest BCUT2D eigenvalue weighted by Crippen LogP contribution is -2.32. The predicted molar refractivity (Wildman–Crippen MR) is 77.6 cm³/mol. The number of aliphatic hydroxyl groups is 1. The van der Waals surface area contributed by atoms with Crippen LogP contribution in [0.4, 0.5) is 0 Å². The third-order valence-corrected chi connectivity index (χ3v) is 3.78. The normalized spacial score (nSPS) is 19.6. The first-order chi connectivity index (χ1) is 8.96. The molecule has 0 saturated carbocycles. The topological polar surface area (TPSA) is 41.5 Å². The molecule has 2 unspecified atom stereocenters. The molecule has 1 heterocycles.